The van der Waals surface area contributed by atoms with Gasteiger partial charge < -0.3 is 4.90 Å². The highest BCUT2D eigenvalue weighted by Crippen LogP contribution is 2.14. The summed E-state index contributed by atoms with van der Waals surface area (Å²) in [7, 11) is 0. The van der Waals surface area contributed by atoms with E-state index in [2.05, 4.69) is 4.90 Å². The maximum atomic E-state index is 10.5. The largest absolute Gasteiger partial charge is 0.303 e. The van der Waals surface area contributed by atoms with Crippen LogP contribution >= 0.6 is 0 Å². The van der Waals surface area contributed by atoms with Crippen LogP contribution in [0.5, 0.6) is 0 Å². The van der Waals surface area contributed by atoms with Crippen LogP contribution in [-0.2, 0) is 6.42 Å². The molecule has 1 saturated heterocycles. The lowest BCUT2D eigenvalue weighted by Crippen LogP contribution is -2.20. The molecule has 17 heavy (non-hydrogen) atoms. The van der Waals surface area contributed by atoms with Gasteiger partial charge >= 0.3 is 0 Å². The second-order valence-corrected chi connectivity index (χ2v) is 4.58. The topological polar surface area (TPSA) is 46.4 Å². The smallest absolute Gasteiger partial charge is 0.269 e. The molecule has 1 aromatic carbocycles. The first-order chi connectivity index (χ1) is 8.25. The summed E-state index contributed by atoms with van der Waals surface area (Å²) in [6, 6.07) is 6.90. The lowest BCUT2D eigenvalue weighted by atomic mass is 10.1. The van der Waals surface area contributed by atoms with E-state index in [0.717, 1.165) is 19.4 Å². The van der Waals surface area contributed by atoms with Gasteiger partial charge in [0.2, 0.25) is 0 Å². The van der Waals surface area contributed by atoms with Crippen LogP contribution in [0.2, 0.25) is 0 Å². The fraction of sp³-hybridized carbons (Fsp3) is 0.538. The van der Waals surface area contributed by atoms with Crippen LogP contribution in [0.4, 0.5) is 5.69 Å². The molecule has 0 aliphatic carbocycles. The SMILES string of the molecule is O=[N+]([O-])c1ccc(CCCN2CCCC2)cc1. The number of hydrogen-bond donors (Lipinski definition) is 0. The number of hydrogen-bond acceptors (Lipinski definition) is 3. The molecule has 1 aliphatic heterocycles. The van der Waals surface area contributed by atoms with Gasteiger partial charge in [0.1, 0.15) is 0 Å². The van der Waals surface area contributed by atoms with E-state index in [1.807, 2.05) is 12.1 Å². The van der Waals surface area contributed by atoms with Gasteiger partial charge in [0.05, 0.1) is 4.92 Å². The summed E-state index contributed by atoms with van der Waals surface area (Å²) in [6.45, 7) is 3.62. The predicted octanol–water partition coefficient (Wildman–Crippen LogP) is 2.62. The van der Waals surface area contributed by atoms with Crippen LogP contribution in [-0.4, -0.2) is 29.5 Å². The van der Waals surface area contributed by atoms with Crippen molar-refractivity contribution in [1.82, 2.24) is 4.90 Å². The minimum atomic E-state index is -0.353. The molecule has 0 saturated carbocycles. The minimum absolute atomic E-state index is 0.174. The summed E-state index contributed by atoms with van der Waals surface area (Å²) in [5.74, 6) is 0. The Labute approximate surface area is 101 Å². The predicted molar refractivity (Wildman–Crippen MR) is 67.1 cm³/mol. The Morgan fingerprint density at radius 3 is 2.41 bits per heavy atom. The van der Waals surface area contributed by atoms with Crippen LogP contribution in [0.15, 0.2) is 24.3 Å². The first-order valence-corrected chi connectivity index (χ1v) is 6.21. The third kappa shape index (κ3) is 3.53. The zero-order chi connectivity index (χ0) is 12.1. The molecule has 4 nitrogen and oxygen atoms in total. The monoisotopic (exact) mass is 234 g/mol. The highest BCUT2D eigenvalue weighted by molar-refractivity contribution is 5.32. The van der Waals surface area contributed by atoms with Gasteiger partial charge in [0.15, 0.2) is 0 Å². The quantitative estimate of drug-likeness (QED) is 0.581. The maximum Gasteiger partial charge on any atom is 0.269 e. The van der Waals surface area contributed by atoms with Gasteiger partial charge in [0, 0.05) is 12.1 Å². The lowest BCUT2D eigenvalue weighted by Gasteiger charge is -2.13. The first-order valence-electron chi connectivity index (χ1n) is 6.21. The summed E-state index contributed by atoms with van der Waals surface area (Å²) < 4.78 is 0. The van der Waals surface area contributed by atoms with Crippen molar-refractivity contribution in [3.05, 3.63) is 39.9 Å². The Morgan fingerprint density at radius 2 is 1.82 bits per heavy atom. The molecule has 2 rings (SSSR count). The molecule has 0 bridgehead atoms. The van der Waals surface area contributed by atoms with Gasteiger partial charge in [-0.1, -0.05) is 12.1 Å². The number of nitro benzene ring substituents is 1. The fourth-order valence-corrected chi connectivity index (χ4v) is 2.30. The number of rotatable bonds is 5. The molecule has 0 amide bonds. The summed E-state index contributed by atoms with van der Waals surface area (Å²) >= 11 is 0. The van der Waals surface area contributed by atoms with E-state index < -0.39 is 0 Å². The van der Waals surface area contributed by atoms with Crippen molar-refractivity contribution in [2.75, 3.05) is 19.6 Å². The van der Waals surface area contributed by atoms with E-state index in [4.69, 9.17) is 0 Å². The molecule has 0 N–H and O–H groups in total. The van der Waals surface area contributed by atoms with Crippen molar-refractivity contribution in [1.29, 1.82) is 0 Å². The Hall–Kier alpha value is -1.42. The average Bonchev–Trinajstić information content (AvgIpc) is 2.83. The normalized spacial score (nSPS) is 16.2. The van der Waals surface area contributed by atoms with Crippen LogP contribution < -0.4 is 0 Å². The number of non-ortho nitro benzene ring substituents is 1. The molecule has 0 spiro atoms. The third-order valence-corrected chi connectivity index (χ3v) is 3.29. The summed E-state index contributed by atoms with van der Waals surface area (Å²) in [5, 5.41) is 10.5. The van der Waals surface area contributed by atoms with Crippen LogP contribution in [0.25, 0.3) is 0 Å². The zero-order valence-electron chi connectivity index (χ0n) is 9.97. The van der Waals surface area contributed by atoms with E-state index in [1.165, 1.54) is 31.5 Å². The summed E-state index contributed by atoms with van der Waals surface area (Å²) in [5.41, 5.74) is 1.36. The Bertz CT molecular complexity index is 370. The molecule has 0 atom stereocenters. The molecule has 1 aliphatic rings. The number of nitro groups is 1. The molecular weight excluding hydrogens is 216 g/mol. The maximum absolute atomic E-state index is 10.5. The summed E-state index contributed by atoms with van der Waals surface area (Å²) in [4.78, 5) is 12.6. The molecule has 0 unspecified atom stereocenters. The van der Waals surface area contributed by atoms with Crippen LogP contribution in [0.1, 0.15) is 24.8 Å². The molecule has 92 valence electrons. The van der Waals surface area contributed by atoms with E-state index >= 15 is 0 Å². The van der Waals surface area contributed by atoms with Gasteiger partial charge in [-0.05, 0) is 50.9 Å². The molecule has 1 aromatic rings. The number of nitrogens with zero attached hydrogens (tertiary/aromatic N) is 2. The number of likely N-dealkylation sites (tertiary alicyclic amines) is 1. The van der Waals surface area contributed by atoms with Crippen LogP contribution in [0, 0.1) is 10.1 Å². The second-order valence-electron chi connectivity index (χ2n) is 4.58. The molecule has 1 heterocycles. The third-order valence-electron chi connectivity index (χ3n) is 3.29. The molecular formula is C13H18N2O2. The van der Waals surface area contributed by atoms with Crippen molar-refractivity contribution < 1.29 is 4.92 Å². The highest BCUT2D eigenvalue weighted by Gasteiger charge is 2.10. The van der Waals surface area contributed by atoms with E-state index in [9.17, 15) is 10.1 Å². The van der Waals surface area contributed by atoms with Gasteiger partial charge in [0.25, 0.3) is 5.69 Å². The van der Waals surface area contributed by atoms with Crippen molar-refractivity contribution in [2.24, 2.45) is 0 Å². The zero-order valence-corrected chi connectivity index (χ0v) is 9.97. The van der Waals surface area contributed by atoms with Gasteiger partial charge in [-0.2, -0.15) is 0 Å². The lowest BCUT2D eigenvalue weighted by molar-refractivity contribution is -0.384. The standard InChI is InChI=1S/C13H18N2O2/c16-15(17)13-7-5-12(6-8-13)4-3-11-14-9-1-2-10-14/h5-8H,1-4,9-11H2. The summed E-state index contributed by atoms with van der Waals surface area (Å²) in [6.07, 6.45) is 4.81. The van der Waals surface area contributed by atoms with E-state index in [-0.39, 0.29) is 10.6 Å². The first kappa shape index (κ1) is 12.0. The van der Waals surface area contributed by atoms with Crippen molar-refractivity contribution in [3.63, 3.8) is 0 Å². The number of benzene rings is 1. The van der Waals surface area contributed by atoms with Gasteiger partial charge in [-0.15, -0.1) is 0 Å². The van der Waals surface area contributed by atoms with E-state index in [1.54, 1.807) is 12.1 Å². The molecule has 0 aromatic heterocycles. The Balaban J connectivity index is 1.76. The molecule has 0 radical (unpaired) electrons. The fourth-order valence-electron chi connectivity index (χ4n) is 2.30. The van der Waals surface area contributed by atoms with Crippen molar-refractivity contribution >= 4 is 5.69 Å². The Morgan fingerprint density at radius 1 is 1.18 bits per heavy atom. The van der Waals surface area contributed by atoms with E-state index in [0.29, 0.717) is 0 Å². The molecule has 1 fully saturated rings. The minimum Gasteiger partial charge on any atom is -0.303 e. The second kappa shape index (κ2) is 5.77. The number of aryl methyl sites for hydroxylation is 1. The van der Waals surface area contributed by atoms with Gasteiger partial charge in [-0.3, -0.25) is 10.1 Å². The molecule has 4 heteroatoms. The van der Waals surface area contributed by atoms with Crippen LogP contribution in [0.3, 0.4) is 0 Å². The van der Waals surface area contributed by atoms with Crippen molar-refractivity contribution in [3.8, 4) is 0 Å². The highest BCUT2D eigenvalue weighted by atomic mass is 16.6. The Kier molecular flexibility index (Phi) is 4.09. The average molecular weight is 234 g/mol. The van der Waals surface area contributed by atoms with Crippen molar-refractivity contribution in [2.45, 2.75) is 25.7 Å². The van der Waals surface area contributed by atoms with Gasteiger partial charge in [-0.25, -0.2) is 0 Å².